The molecule has 1 amide bonds. The maximum Gasteiger partial charge on any atom is 0.256 e. The molecule has 0 atom stereocenters. The summed E-state index contributed by atoms with van der Waals surface area (Å²) in [6.07, 6.45) is 1.21. The predicted octanol–water partition coefficient (Wildman–Crippen LogP) is 0.152. The highest BCUT2D eigenvalue weighted by Gasteiger charge is 2.11. The van der Waals surface area contributed by atoms with Crippen molar-refractivity contribution in [2.45, 2.75) is 13.8 Å². The molecule has 0 unspecified atom stereocenters. The van der Waals surface area contributed by atoms with Gasteiger partial charge in [-0.25, -0.2) is 0 Å². The molecule has 6 nitrogen and oxygen atoms in total. The van der Waals surface area contributed by atoms with Crippen LogP contribution in [0.1, 0.15) is 24.2 Å². The minimum absolute atomic E-state index is 0.0779. The number of rotatable bonds is 6. The van der Waals surface area contributed by atoms with Crippen molar-refractivity contribution in [2.24, 2.45) is 0 Å². The molecule has 3 N–H and O–H groups in total. The van der Waals surface area contributed by atoms with Crippen molar-refractivity contribution in [3.8, 4) is 5.75 Å². The number of nitrogens with one attached hydrogen (secondary N) is 2. The summed E-state index contributed by atoms with van der Waals surface area (Å²) in [7, 11) is 0. The molecule has 0 aromatic carbocycles. The molecule has 1 heterocycles. The zero-order valence-electron chi connectivity index (χ0n) is 10.7. The van der Waals surface area contributed by atoms with Crippen LogP contribution in [0.3, 0.4) is 0 Å². The van der Waals surface area contributed by atoms with Crippen molar-refractivity contribution in [2.75, 3.05) is 26.2 Å². The third kappa shape index (κ3) is 3.89. The van der Waals surface area contributed by atoms with Gasteiger partial charge in [-0.1, -0.05) is 13.8 Å². The zero-order valence-corrected chi connectivity index (χ0v) is 10.7. The van der Waals surface area contributed by atoms with Gasteiger partial charge in [-0.2, -0.15) is 0 Å². The van der Waals surface area contributed by atoms with Gasteiger partial charge in [0.05, 0.1) is 5.56 Å². The molecule has 0 spiro atoms. The van der Waals surface area contributed by atoms with Gasteiger partial charge in [0.25, 0.3) is 11.5 Å². The normalized spacial score (nSPS) is 10.6. The Hall–Kier alpha value is -1.82. The van der Waals surface area contributed by atoms with Gasteiger partial charge in [0, 0.05) is 25.4 Å². The summed E-state index contributed by atoms with van der Waals surface area (Å²) in [6.45, 7) is 7.21. The quantitative estimate of drug-likeness (QED) is 0.674. The minimum Gasteiger partial charge on any atom is -0.507 e. The van der Waals surface area contributed by atoms with Crippen LogP contribution in [0.2, 0.25) is 0 Å². The number of pyridine rings is 1. The first kappa shape index (κ1) is 14.2. The van der Waals surface area contributed by atoms with Crippen LogP contribution in [0.15, 0.2) is 17.1 Å². The van der Waals surface area contributed by atoms with E-state index in [-0.39, 0.29) is 11.3 Å². The first-order chi connectivity index (χ1) is 8.58. The van der Waals surface area contributed by atoms with Gasteiger partial charge in [-0.05, 0) is 13.1 Å². The lowest BCUT2D eigenvalue weighted by Gasteiger charge is -2.17. The van der Waals surface area contributed by atoms with Gasteiger partial charge in [0.15, 0.2) is 0 Å². The van der Waals surface area contributed by atoms with Crippen LogP contribution in [0, 0.1) is 0 Å². The fraction of sp³-hybridized carbons (Fsp3) is 0.500. The van der Waals surface area contributed by atoms with Crippen LogP contribution >= 0.6 is 0 Å². The molecule has 1 aromatic heterocycles. The molecule has 0 saturated heterocycles. The van der Waals surface area contributed by atoms with E-state index in [2.05, 4.69) is 29.0 Å². The number of aromatic nitrogens is 1. The summed E-state index contributed by atoms with van der Waals surface area (Å²) >= 11 is 0. The highest BCUT2D eigenvalue weighted by molar-refractivity contribution is 5.96. The lowest BCUT2D eigenvalue weighted by atomic mass is 10.2. The number of likely N-dealkylation sites (N-methyl/N-ethyl adjacent to an activating group) is 1. The number of hydrogen-bond acceptors (Lipinski definition) is 4. The van der Waals surface area contributed by atoms with Gasteiger partial charge in [-0.15, -0.1) is 0 Å². The molecule has 0 fully saturated rings. The summed E-state index contributed by atoms with van der Waals surface area (Å²) in [6, 6.07) is 0.985. The van der Waals surface area contributed by atoms with E-state index < -0.39 is 11.5 Å². The molecule has 6 heteroatoms. The second-order valence-electron chi connectivity index (χ2n) is 3.88. The molecule has 100 valence electrons. The second-order valence-corrected chi connectivity index (χ2v) is 3.88. The number of hydrogen-bond donors (Lipinski definition) is 3. The van der Waals surface area contributed by atoms with Gasteiger partial charge < -0.3 is 20.3 Å². The Labute approximate surface area is 106 Å². The average Bonchev–Trinajstić information content (AvgIpc) is 2.34. The first-order valence-electron chi connectivity index (χ1n) is 6.00. The Morgan fingerprint density at radius 2 is 2.11 bits per heavy atom. The van der Waals surface area contributed by atoms with E-state index in [1.807, 2.05) is 0 Å². The summed E-state index contributed by atoms with van der Waals surface area (Å²) < 4.78 is 0. The molecule has 0 saturated carbocycles. The van der Waals surface area contributed by atoms with Crippen molar-refractivity contribution < 1.29 is 9.90 Å². The first-order valence-corrected chi connectivity index (χ1v) is 6.00. The molecule has 1 aromatic rings. The zero-order chi connectivity index (χ0) is 13.5. The van der Waals surface area contributed by atoms with Crippen LogP contribution in [-0.4, -0.2) is 47.1 Å². The molecule has 0 bridgehead atoms. The molecule has 1 rings (SSSR count). The van der Waals surface area contributed by atoms with E-state index in [1.165, 1.54) is 6.20 Å². The molecule has 18 heavy (non-hydrogen) atoms. The highest BCUT2D eigenvalue weighted by Crippen LogP contribution is 2.11. The molecule has 0 aliphatic heterocycles. The summed E-state index contributed by atoms with van der Waals surface area (Å²) in [5.74, 6) is -0.699. The van der Waals surface area contributed by atoms with Crippen LogP contribution < -0.4 is 10.9 Å². The number of nitrogens with zero attached hydrogens (tertiary/aromatic N) is 1. The Morgan fingerprint density at radius 1 is 1.44 bits per heavy atom. The van der Waals surface area contributed by atoms with Gasteiger partial charge in [-0.3, -0.25) is 9.59 Å². The maximum atomic E-state index is 11.7. The van der Waals surface area contributed by atoms with E-state index in [9.17, 15) is 14.7 Å². The molecular weight excluding hydrogens is 234 g/mol. The second kappa shape index (κ2) is 6.80. The van der Waals surface area contributed by atoms with Crippen LogP contribution in [0.25, 0.3) is 0 Å². The lowest BCUT2D eigenvalue weighted by Crippen LogP contribution is -2.35. The number of aromatic hydroxyl groups is 1. The van der Waals surface area contributed by atoms with Gasteiger partial charge in [0.2, 0.25) is 0 Å². The standard InChI is InChI=1S/C12H19N3O3/c1-3-15(4-2)6-5-13-12(18)9-8-14-11(17)7-10(9)16/h7-8H,3-6H2,1-2H3,(H,13,18)(H2,14,16,17). The number of aromatic amines is 1. The molecular formula is C12H19N3O3. The third-order valence-electron chi connectivity index (χ3n) is 2.76. The fourth-order valence-corrected chi connectivity index (χ4v) is 1.61. The van der Waals surface area contributed by atoms with E-state index >= 15 is 0 Å². The van der Waals surface area contributed by atoms with E-state index in [0.29, 0.717) is 6.54 Å². The third-order valence-corrected chi connectivity index (χ3v) is 2.76. The van der Waals surface area contributed by atoms with Gasteiger partial charge in [0.1, 0.15) is 5.75 Å². The number of H-pyrrole nitrogens is 1. The summed E-state index contributed by atoms with van der Waals surface area (Å²) in [5.41, 5.74) is -0.360. The molecule has 0 aliphatic carbocycles. The van der Waals surface area contributed by atoms with Crippen molar-refractivity contribution >= 4 is 5.91 Å². The fourth-order valence-electron chi connectivity index (χ4n) is 1.61. The minimum atomic E-state index is -0.438. The van der Waals surface area contributed by atoms with Crippen molar-refractivity contribution in [3.63, 3.8) is 0 Å². The Morgan fingerprint density at radius 3 is 2.67 bits per heavy atom. The monoisotopic (exact) mass is 253 g/mol. The number of carbonyl (C=O) groups is 1. The predicted molar refractivity (Wildman–Crippen MR) is 68.8 cm³/mol. The Balaban J connectivity index is 2.53. The van der Waals surface area contributed by atoms with Crippen molar-refractivity contribution in [3.05, 3.63) is 28.2 Å². The van der Waals surface area contributed by atoms with Crippen molar-refractivity contribution in [1.29, 1.82) is 0 Å². The largest absolute Gasteiger partial charge is 0.507 e. The lowest BCUT2D eigenvalue weighted by molar-refractivity contribution is 0.0946. The van der Waals surface area contributed by atoms with Gasteiger partial charge >= 0.3 is 0 Å². The number of amides is 1. The highest BCUT2D eigenvalue weighted by atomic mass is 16.3. The van der Waals surface area contributed by atoms with E-state index in [4.69, 9.17) is 0 Å². The SMILES string of the molecule is CCN(CC)CCNC(=O)c1c[nH]c(=O)cc1O. The summed E-state index contributed by atoms with van der Waals surface area (Å²) in [5, 5.41) is 12.2. The Bertz CT molecular complexity index is 452. The smallest absolute Gasteiger partial charge is 0.256 e. The summed E-state index contributed by atoms with van der Waals surface area (Å²) in [4.78, 5) is 27.1. The topological polar surface area (TPSA) is 85.4 Å². The van der Waals surface area contributed by atoms with Crippen molar-refractivity contribution in [1.82, 2.24) is 15.2 Å². The van der Waals surface area contributed by atoms with Crippen LogP contribution in [-0.2, 0) is 0 Å². The number of carbonyl (C=O) groups excluding carboxylic acids is 1. The van der Waals surface area contributed by atoms with Crippen LogP contribution in [0.4, 0.5) is 0 Å². The maximum absolute atomic E-state index is 11.7. The van der Waals surface area contributed by atoms with E-state index in [1.54, 1.807) is 0 Å². The molecule has 0 radical (unpaired) electrons. The average molecular weight is 253 g/mol. The Kier molecular flexibility index (Phi) is 5.38. The van der Waals surface area contributed by atoms with E-state index in [0.717, 1.165) is 25.7 Å². The molecule has 0 aliphatic rings. The van der Waals surface area contributed by atoms with Crippen LogP contribution in [0.5, 0.6) is 5.75 Å².